The first kappa shape index (κ1) is 13.4. The van der Waals surface area contributed by atoms with Crippen LogP contribution < -0.4 is 5.32 Å². The van der Waals surface area contributed by atoms with Crippen LogP contribution in [0, 0.1) is 23.2 Å². The lowest BCUT2D eigenvalue weighted by atomic mass is 9.64. The Hall–Kier alpha value is -0.0400. The molecule has 0 amide bonds. The molecule has 1 nitrogen and oxygen atoms in total. The van der Waals surface area contributed by atoms with Gasteiger partial charge in [0.1, 0.15) is 0 Å². The maximum absolute atomic E-state index is 3.83. The topological polar surface area (TPSA) is 12.0 Å². The van der Waals surface area contributed by atoms with E-state index in [4.69, 9.17) is 0 Å². The van der Waals surface area contributed by atoms with E-state index in [1.807, 2.05) is 0 Å². The van der Waals surface area contributed by atoms with Crippen LogP contribution in [0.2, 0.25) is 0 Å². The summed E-state index contributed by atoms with van der Waals surface area (Å²) in [4.78, 5) is 0. The zero-order valence-corrected chi connectivity index (χ0v) is 12.6. The van der Waals surface area contributed by atoms with Crippen molar-refractivity contribution in [3.8, 4) is 0 Å². The van der Waals surface area contributed by atoms with Crippen LogP contribution in [0.15, 0.2) is 0 Å². The van der Waals surface area contributed by atoms with Crippen LogP contribution in [-0.4, -0.2) is 11.6 Å². The predicted molar refractivity (Wildman–Crippen MR) is 75.1 cm³/mol. The summed E-state index contributed by atoms with van der Waals surface area (Å²) in [6, 6.07) is 0.770. The molecule has 0 heterocycles. The number of rotatable bonds is 1. The normalized spacial score (nSPS) is 38.5. The lowest BCUT2D eigenvalue weighted by Gasteiger charge is -2.44. The van der Waals surface area contributed by atoms with Crippen molar-refractivity contribution in [3.63, 3.8) is 0 Å². The highest BCUT2D eigenvalue weighted by Crippen LogP contribution is 2.54. The molecular weight excluding hydrogens is 206 g/mol. The van der Waals surface area contributed by atoms with E-state index in [1.165, 1.54) is 25.7 Å². The van der Waals surface area contributed by atoms with E-state index < -0.39 is 0 Å². The summed E-state index contributed by atoms with van der Waals surface area (Å²) in [7, 11) is 0. The second kappa shape index (κ2) is 4.26. The van der Waals surface area contributed by atoms with E-state index in [-0.39, 0.29) is 5.54 Å². The fraction of sp³-hybridized carbons (Fsp3) is 1.00. The zero-order chi connectivity index (χ0) is 12.8. The number of nitrogens with one attached hydrogen (secondary N) is 1. The molecule has 2 atom stereocenters. The molecule has 0 saturated heterocycles. The van der Waals surface area contributed by atoms with Gasteiger partial charge in [-0.25, -0.2) is 0 Å². The standard InChI is InChI=1S/C16H31N/c1-15(2,3)14-11-7-8-12(14)10-13(9-11)17-16(4,5)6/h11-14,17H,7-10H2,1-6H3. The van der Waals surface area contributed by atoms with Gasteiger partial charge in [0.15, 0.2) is 0 Å². The Labute approximate surface area is 108 Å². The maximum atomic E-state index is 3.83. The van der Waals surface area contributed by atoms with E-state index in [9.17, 15) is 0 Å². The van der Waals surface area contributed by atoms with Gasteiger partial charge < -0.3 is 5.32 Å². The van der Waals surface area contributed by atoms with Crippen LogP contribution in [0.5, 0.6) is 0 Å². The van der Waals surface area contributed by atoms with Gasteiger partial charge in [-0.15, -0.1) is 0 Å². The minimum atomic E-state index is 0.276. The van der Waals surface area contributed by atoms with Gasteiger partial charge in [-0.2, -0.15) is 0 Å². The molecule has 1 heteroatoms. The summed E-state index contributed by atoms with van der Waals surface area (Å²) in [5.74, 6) is 2.93. The second-order valence-electron chi connectivity index (χ2n) is 8.55. The average molecular weight is 237 g/mol. The van der Waals surface area contributed by atoms with Crippen LogP contribution in [-0.2, 0) is 0 Å². The van der Waals surface area contributed by atoms with Crippen molar-refractivity contribution >= 4 is 0 Å². The van der Waals surface area contributed by atoms with Crippen molar-refractivity contribution in [1.82, 2.24) is 5.32 Å². The molecule has 0 aromatic rings. The summed E-state index contributed by atoms with van der Waals surface area (Å²) in [6.45, 7) is 14.2. The number of fused-ring (bicyclic) bond motifs is 2. The SMILES string of the molecule is CC(C)(C)NC1CC2CCC(C1)C2C(C)(C)C. The molecule has 100 valence electrons. The van der Waals surface area contributed by atoms with Gasteiger partial charge in [0.05, 0.1) is 0 Å². The monoisotopic (exact) mass is 237 g/mol. The van der Waals surface area contributed by atoms with E-state index in [0.717, 1.165) is 23.8 Å². The summed E-state index contributed by atoms with van der Waals surface area (Å²) >= 11 is 0. The largest absolute Gasteiger partial charge is 0.309 e. The summed E-state index contributed by atoms with van der Waals surface area (Å²) < 4.78 is 0. The van der Waals surface area contributed by atoms with Crippen molar-refractivity contribution in [2.75, 3.05) is 0 Å². The van der Waals surface area contributed by atoms with Gasteiger partial charge in [0.2, 0.25) is 0 Å². The third-order valence-electron chi connectivity index (χ3n) is 4.74. The van der Waals surface area contributed by atoms with Gasteiger partial charge in [-0.05, 0) is 69.6 Å². The van der Waals surface area contributed by atoms with Crippen molar-refractivity contribution < 1.29 is 0 Å². The molecule has 2 saturated carbocycles. The highest BCUT2D eigenvalue weighted by atomic mass is 15.0. The highest BCUT2D eigenvalue weighted by Gasteiger charge is 2.47. The molecule has 0 radical (unpaired) electrons. The van der Waals surface area contributed by atoms with E-state index >= 15 is 0 Å². The van der Waals surface area contributed by atoms with E-state index in [0.29, 0.717) is 5.41 Å². The molecular formula is C16H31N. The zero-order valence-electron chi connectivity index (χ0n) is 12.6. The minimum absolute atomic E-state index is 0.276. The van der Waals surface area contributed by atoms with Crippen LogP contribution in [0.1, 0.15) is 67.2 Å². The Bertz CT molecular complexity index is 254. The smallest absolute Gasteiger partial charge is 0.00991 e. The molecule has 0 aliphatic heterocycles. The molecule has 1 N–H and O–H groups in total. The Morgan fingerprint density at radius 3 is 1.65 bits per heavy atom. The van der Waals surface area contributed by atoms with Gasteiger partial charge in [-0.3, -0.25) is 0 Å². The average Bonchev–Trinajstić information content (AvgIpc) is 2.35. The third-order valence-corrected chi connectivity index (χ3v) is 4.74. The molecule has 2 rings (SSSR count). The molecule has 2 aliphatic carbocycles. The van der Waals surface area contributed by atoms with Crippen molar-refractivity contribution in [2.24, 2.45) is 23.2 Å². The lowest BCUT2D eigenvalue weighted by molar-refractivity contribution is 0.0735. The molecule has 17 heavy (non-hydrogen) atoms. The Morgan fingerprint density at radius 1 is 0.824 bits per heavy atom. The second-order valence-corrected chi connectivity index (χ2v) is 8.55. The molecule has 0 aromatic carbocycles. The van der Waals surface area contributed by atoms with Gasteiger partial charge in [-0.1, -0.05) is 20.8 Å². The van der Waals surface area contributed by atoms with Crippen LogP contribution in [0.3, 0.4) is 0 Å². The van der Waals surface area contributed by atoms with Gasteiger partial charge in [0.25, 0.3) is 0 Å². The van der Waals surface area contributed by atoms with E-state index in [2.05, 4.69) is 46.9 Å². The van der Waals surface area contributed by atoms with E-state index in [1.54, 1.807) is 0 Å². The maximum Gasteiger partial charge on any atom is 0.00991 e. The third kappa shape index (κ3) is 3.05. The Kier molecular flexibility index (Phi) is 3.36. The lowest BCUT2D eigenvalue weighted by Crippen LogP contribution is -2.49. The van der Waals surface area contributed by atoms with Crippen LogP contribution in [0.4, 0.5) is 0 Å². The summed E-state index contributed by atoms with van der Waals surface area (Å²) in [5.41, 5.74) is 0.789. The highest BCUT2D eigenvalue weighted by molar-refractivity contribution is 4.99. The van der Waals surface area contributed by atoms with Crippen LogP contribution in [0.25, 0.3) is 0 Å². The molecule has 2 unspecified atom stereocenters. The molecule has 2 aliphatic rings. The first-order chi connectivity index (χ1) is 7.67. The minimum Gasteiger partial charge on any atom is -0.309 e. The van der Waals surface area contributed by atoms with Crippen molar-refractivity contribution in [3.05, 3.63) is 0 Å². The molecule has 0 spiro atoms. The first-order valence-corrected chi connectivity index (χ1v) is 7.44. The van der Waals surface area contributed by atoms with Crippen LogP contribution >= 0.6 is 0 Å². The van der Waals surface area contributed by atoms with Gasteiger partial charge >= 0.3 is 0 Å². The van der Waals surface area contributed by atoms with Gasteiger partial charge in [0, 0.05) is 11.6 Å². The predicted octanol–water partition coefficient (Wildman–Crippen LogP) is 4.23. The number of hydrogen-bond donors (Lipinski definition) is 1. The fourth-order valence-corrected chi connectivity index (χ4v) is 4.67. The number of hydrogen-bond acceptors (Lipinski definition) is 1. The fourth-order valence-electron chi connectivity index (χ4n) is 4.67. The Morgan fingerprint density at radius 2 is 1.29 bits per heavy atom. The van der Waals surface area contributed by atoms with Crippen molar-refractivity contribution in [2.45, 2.75) is 78.8 Å². The first-order valence-electron chi connectivity index (χ1n) is 7.44. The molecule has 2 bridgehead atoms. The Balaban J connectivity index is 2.02. The quantitative estimate of drug-likeness (QED) is 0.720. The molecule has 2 fully saturated rings. The van der Waals surface area contributed by atoms with Crippen molar-refractivity contribution in [1.29, 1.82) is 0 Å². The summed E-state index contributed by atoms with van der Waals surface area (Å²) in [5, 5.41) is 3.83. The molecule has 0 aromatic heterocycles. The summed E-state index contributed by atoms with van der Waals surface area (Å²) in [6.07, 6.45) is 5.79.